The number of rotatable bonds is 7. The van der Waals surface area contributed by atoms with Gasteiger partial charge in [-0.2, -0.15) is 5.10 Å². The van der Waals surface area contributed by atoms with Crippen molar-refractivity contribution in [2.45, 2.75) is 84.6 Å². The van der Waals surface area contributed by atoms with Crippen LogP contribution in [0.25, 0.3) is 11.0 Å². The second-order valence-corrected chi connectivity index (χ2v) is 11.2. The van der Waals surface area contributed by atoms with Crippen LogP contribution in [0.3, 0.4) is 0 Å². The van der Waals surface area contributed by atoms with E-state index in [0.717, 1.165) is 62.4 Å². The number of carbonyl (C=O) groups is 1. The minimum absolute atomic E-state index is 0.0371. The Morgan fingerprint density at radius 3 is 2.79 bits per heavy atom. The Morgan fingerprint density at radius 1 is 1.18 bits per heavy atom. The molecule has 180 valence electrons. The first-order valence-corrected chi connectivity index (χ1v) is 13.0. The Labute approximate surface area is 195 Å². The van der Waals surface area contributed by atoms with Crippen molar-refractivity contribution in [3.63, 3.8) is 0 Å². The Balaban J connectivity index is 1.31. The molecule has 4 nitrogen and oxygen atoms in total. The number of hydrogen-bond acceptors (Lipinski definition) is 3. The van der Waals surface area contributed by atoms with E-state index < -0.39 is 6.43 Å². The van der Waals surface area contributed by atoms with Crippen LogP contribution in [0.4, 0.5) is 8.78 Å². The molecule has 0 amide bonds. The van der Waals surface area contributed by atoms with E-state index in [1.54, 1.807) is 10.9 Å². The molecule has 0 aromatic carbocycles. The third-order valence-electron chi connectivity index (χ3n) is 9.65. The number of hydrogen-bond donors (Lipinski definition) is 0. The molecule has 0 bridgehead atoms. The zero-order valence-corrected chi connectivity index (χ0v) is 19.9. The summed E-state index contributed by atoms with van der Waals surface area (Å²) in [7, 11) is 0. The van der Waals surface area contributed by atoms with E-state index in [1.807, 2.05) is 18.3 Å². The molecular formula is C27H37F2N3O. The summed E-state index contributed by atoms with van der Waals surface area (Å²) >= 11 is 0. The minimum Gasteiger partial charge on any atom is -0.297 e. The lowest BCUT2D eigenvalue weighted by Crippen LogP contribution is -2.48. The topological polar surface area (TPSA) is 47.8 Å². The Bertz CT molecular complexity index is 958. The van der Waals surface area contributed by atoms with Crippen LogP contribution in [0.2, 0.25) is 0 Å². The molecule has 3 saturated carbocycles. The summed E-state index contributed by atoms with van der Waals surface area (Å²) in [5.74, 6) is 2.70. The fourth-order valence-corrected chi connectivity index (χ4v) is 8.32. The number of fused-ring (bicyclic) bond motifs is 4. The van der Waals surface area contributed by atoms with Gasteiger partial charge < -0.3 is 0 Å². The number of alkyl halides is 2. The third kappa shape index (κ3) is 4.12. The van der Waals surface area contributed by atoms with E-state index in [2.05, 4.69) is 23.9 Å². The zero-order valence-electron chi connectivity index (χ0n) is 19.9. The van der Waals surface area contributed by atoms with Crippen molar-refractivity contribution in [1.29, 1.82) is 0 Å². The number of pyridine rings is 1. The molecule has 3 aliphatic rings. The van der Waals surface area contributed by atoms with Gasteiger partial charge in [-0.15, -0.1) is 0 Å². The van der Waals surface area contributed by atoms with Gasteiger partial charge in [0, 0.05) is 18.5 Å². The summed E-state index contributed by atoms with van der Waals surface area (Å²) in [5, 5.41) is 4.55. The fourth-order valence-electron chi connectivity index (χ4n) is 8.32. The Morgan fingerprint density at radius 2 is 2.03 bits per heavy atom. The van der Waals surface area contributed by atoms with Crippen LogP contribution >= 0.6 is 0 Å². The SMILES string of the molecule is CCCC1C(CC(F)F)CCC2C1CCC1(C)C(C(=O)Cn3cc4ncccc4n3)CCC21. The van der Waals surface area contributed by atoms with Gasteiger partial charge in [0.1, 0.15) is 11.0 Å². The van der Waals surface area contributed by atoms with Crippen molar-refractivity contribution >= 4 is 16.8 Å². The fraction of sp³-hybridized carbons (Fsp3) is 0.741. The lowest BCUT2D eigenvalue weighted by molar-refractivity contribution is -0.131. The molecule has 0 saturated heterocycles. The van der Waals surface area contributed by atoms with Crippen LogP contribution < -0.4 is 0 Å². The summed E-state index contributed by atoms with van der Waals surface area (Å²) in [6.45, 7) is 4.85. The highest BCUT2D eigenvalue weighted by molar-refractivity contribution is 5.82. The van der Waals surface area contributed by atoms with Crippen LogP contribution in [-0.4, -0.2) is 27.0 Å². The van der Waals surface area contributed by atoms with Gasteiger partial charge in [-0.1, -0.05) is 26.7 Å². The van der Waals surface area contributed by atoms with Gasteiger partial charge in [0.15, 0.2) is 5.78 Å². The van der Waals surface area contributed by atoms with Crippen molar-refractivity contribution in [2.24, 2.45) is 40.9 Å². The molecule has 3 fully saturated rings. The normalized spacial score (nSPS) is 36.2. The lowest BCUT2D eigenvalue weighted by Gasteiger charge is -2.54. The molecular weight excluding hydrogens is 420 g/mol. The quantitative estimate of drug-likeness (QED) is 0.474. The van der Waals surface area contributed by atoms with Crippen molar-refractivity contribution < 1.29 is 13.6 Å². The van der Waals surface area contributed by atoms with Crippen molar-refractivity contribution in [2.75, 3.05) is 0 Å². The first-order valence-electron chi connectivity index (χ1n) is 13.0. The average molecular weight is 458 g/mol. The predicted molar refractivity (Wildman–Crippen MR) is 125 cm³/mol. The standard InChI is InChI=1S/C27H37F2N3O/c1-3-5-18-17(14-26(28)29)7-8-20-19(18)11-12-27(2)21(20)9-10-22(27)25(33)16-32-15-24-23(31-32)6-4-13-30-24/h4,6,13,15,17-22,26H,3,5,7-12,14,16H2,1-2H3. The summed E-state index contributed by atoms with van der Waals surface area (Å²) in [5.41, 5.74) is 1.68. The molecule has 7 atom stereocenters. The van der Waals surface area contributed by atoms with Gasteiger partial charge in [0.25, 0.3) is 0 Å². The highest BCUT2D eigenvalue weighted by Gasteiger charge is 2.57. The van der Waals surface area contributed by atoms with Gasteiger partial charge >= 0.3 is 0 Å². The van der Waals surface area contributed by atoms with Crippen LogP contribution in [-0.2, 0) is 11.3 Å². The van der Waals surface area contributed by atoms with E-state index in [0.29, 0.717) is 36.0 Å². The molecule has 5 rings (SSSR count). The van der Waals surface area contributed by atoms with Gasteiger partial charge in [-0.3, -0.25) is 14.5 Å². The highest BCUT2D eigenvalue weighted by atomic mass is 19.3. The summed E-state index contributed by atoms with van der Waals surface area (Å²) in [4.78, 5) is 17.8. The van der Waals surface area contributed by atoms with Crippen molar-refractivity contribution in [3.8, 4) is 0 Å². The van der Waals surface area contributed by atoms with E-state index in [9.17, 15) is 13.6 Å². The molecule has 0 spiro atoms. The molecule has 2 aromatic heterocycles. The second-order valence-electron chi connectivity index (χ2n) is 11.2. The predicted octanol–water partition coefficient (Wildman–Crippen LogP) is 6.54. The molecule has 2 aromatic rings. The van der Waals surface area contributed by atoms with E-state index >= 15 is 0 Å². The molecule has 0 N–H and O–H groups in total. The largest absolute Gasteiger partial charge is 0.297 e. The number of nitrogens with zero attached hydrogens (tertiary/aromatic N) is 3. The summed E-state index contributed by atoms with van der Waals surface area (Å²) < 4.78 is 28.3. The molecule has 2 heterocycles. The maximum Gasteiger partial charge on any atom is 0.238 e. The average Bonchev–Trinajstić information content (AvgIpc) is 3.35. The van der Waals surface area contributed by atoms with Crippen LogP contribution in [0.15, 0.2) is 24.5 Å². The van der Waals surface area contributed by atoms with Gasteiger partial charge in [-0.05, 0) is 85.7 Å². The monoisotopic (exact) mass is 457 g/mol. The second kappa shape index (κ2) is 9.07. The first-order chi connectivity index (χ1) is 15.9. The zero-order chi connectivity index (χ0) is 23.2. The van der Waals surface area contributed by atoms with Crippen molar-refractivity contribution in [3.05, 3.63) is 24.5 Å². The number of Topliss-reactive ketones (excluding diaryl/α,β-unsaturated/α-hetero) is 1. The number of carbonyl (C=O) groups excluding carboxylic acids is 1. The van der Waals surface area contributed by atoms with Gasteiger partial charge in [0.05, 0.1) is 12.7 Å². The first kappa shape index (κ1) is 22.9. The lowest BCUT2D eigenvalue weighted by atomic mass is 9.50. The smallest absolute Gasteiger partial charge is 0.238 e. The molecule has 3 aliphatic carbocycles. The van der Waals surface area contributed by atoms with Gasteiger partial charge in [0.2, 0.25) is 6.43 Å². The Kier molecular flexibility index (Phi) is 6.30. The van der Waals surface area contributed by atoms with E-state index in [1.165, 1.54) is 0 Å². The molecule has 0 aliphatic heterocycles. The van der Waals surface area contributed by atoms with E-state index in [4.69, 9.17) is 0 Å². The molecule has 0 radical (unpaired) electrons. The summed E-state index contributed by atoms with van der Waals surface area (Å²) in [6.07, 6.45) is 9.88. The number of aromatic nitrogens is 3. The van der Waals surface area contributed by atoms with E-state index in [-0.39, 0.29) is 23.7 Å². The molecule has 7 unspecified atom stereocenters. The minimum atomic E-state index is -2.19. The van der Waals surface area contributed by atoms with Crippen LogP contribution in [0.5, 0.6) is 0 Å². The molecule has 33 heavy (non-hydrogen) atoms. The number of halogens is 2. The highest BCUT2D eigenvalue weighted by Crippen LogP contribution is 2.63. The number of ketones is 1. The Hall–Kier alpha value is -1.85. The summed E-state index contributed by atoms with van der Waals surface area (Å²) in [6, 6.07) is 3.79. The van der Waals surface area contributed by atoms with Crippen LogP contribution in [0.1, 0.15) is 71.6 Å². The van der Waals surface area contributed by atoms with Crippen LogP contribution in [0, 0.1) is 40.9 Å². The maximum atomic E-state index is 13.5. The maximum absolute atomic E-state index is 13.5. The van der Waals surface area contributed by atoms with Crippen molar-refractivity contribution in [1.82, 2.24) is 14.8 Å². The third-order valence-corrected chi connectivity index (χ3v) is 9.65. The molecule has 6 heteroatoms. The van der Waals surface area contributed by atoms with Gasteiger partial charge in [-0.25, -0.2) is 8.78 Å².